The van der Waals surface area contributed by atoms with Gasteiger partial charge in [0, 0.05) is 5.56 Å². The molecule has 1 aliphatic rings. The molecule has 110 valence electrons. The van der Waals surface area contributed by atoms with Gasteiger partial charge in [0.1, 0.15) is 0 Å². The number of carbonyl (C=O) groups is 1. The number of carboxylic acid groups (broad SMARTS) is 1. The van der Waals surface area contributed by atoms with E-state index in [-0.39, 0.29) is 5.89 Å². The third kappa shape index (κ3) is 2.39. The molecule has 0 atom stereocenters. The number of hydrogen-bond donors (Lipinski definition) is 1. The molecule has 0 bridgehead atoms. The zero-order valence-electron chi connectivity index (χ0n) is 10.7. The third-order valence-electron chi connectivity index (χ3n) is 3.44. The first-order valence-corrected chi connectivity index (χ1v) is 6.30. The van der Waals surface area contributed by atoms with Crippen LogP contribution >= 0.6 is 0 Å². The summed E-state index contributed by atoms with van der Waals surface area (Å²) in [6, 6.07) is 5.12. The first-order chi connectivity index (χ1) is 9.86. The van der Waals surface area contributed by atoms with Gasteiger partial charge in [-0.3, -0.25) is 0 Å². The summed E-state index contributed by atoms with van der Waals surface area (Å²) in [7, 11) is 0. The Kier molecular flexibility index (Phi) is 3.00. The Morgan fingerprint density at radius 3 is 2.57 bits per heavy atom. The Bertz CT molecular complexity index is 719. The first kappa shape index (κ1) is 13.7. The number of rotatable bonds is 2. The Balaban J connectivity index is 2.09. The van der Waals surface area contributed by atoms with E-state index >= 15 is 0 Å². The predicted octanol–water partition coefficient (Wildman–Crippen LogP) is 3.55. The van der Waals surface area contributed by atoms with Gasteiger partial charge in [-0.1, -0.05) is 6.07 Å². The average molecular weight is 297 g/mol. The Labute approximate surface area is 117 Å². The maximum absolute atomic E-state index is 12.8. The normalized spacial score (nSPS) is 14.2. The maximum Gasteiger partial charge on any atom is 0.437 e. The smallest absolute Gasteiger partial charge is 0.437 e. The number of aryl methyl sites for hydroxylation is 2. The van der Waals surface area contributed by atoms with Crippen LogP contribution in [0.15, 0.2) is 22.6 Å². The molecular weight excluding hydrogens is 287 g/mol. The highest BCUT2D eigenvalue weighted by molar-refractivity contribution is 5.86. The Morgan fingerprint density at radius 2 is 1.95 bits per heavy atom. The number of benzene rings is 1. The number of aromatic carboxylic acids is 1. The standard InChI is InChI=1S/C14H10F3NO3/c15-14(16,17)11-10(13(19)20)21-12(18-11)9-5-4-7-2-1-3-8(7)6-9/h4-6H,1-3H2,(H,19,20). The van der Waals surface area contributed by atoms with Crippen LogP contribution in [-0.4, -0.2) is 16.1 Å². The molecule has 0 amide bonds. The van der Waals surface area contributed by atoms with Crippen molar-refractivity contribution in [3.63, 3.8) is 0 Å². The fraction of sp³-hybridized carbons (Fsp3) is 0.286. The van der Waals surface area contributed by atoms with E-state index < -0.39 is 23.6 Å². The van der Waals surface area contributed by atoms with E-state index in [1.54, 1.807) is 12.1 Å². The zero-order valence-corrected chi connectivity index (χ0v) is 10.7. The van der Waals surface area contributed by atoms with Crippen LogP contribution in [-0.2, 0) is 19.0 Å². The highest BCUT2D eigenvalue weighted by Crippen LogP contribution is 2.35. The van der Waals surface area contributed by atoms with Crippen LogP contribution in [0.2, 0.25) is 0 Å². The molecule has 0 unspecified atom stereocenters. The van der Waals surface area contributed by atoms with Crippen molar-refractivity contribution in [3.05, 3.63) is 40.8 Å². The van der Waals surface area contributed by atoms with Crippen molar-refractivity contribution in [2.24, 2.45) is 0 Å². The molecule has 1 aromatic heterocycles. The summed E-state index contributed by atoms with van der Waals surface area (Å²) < 4.78 is 43.1. The number of nitrogens with zero attached hydrogens (tertiary/aromatic N) is 1. The fourth-order valence-electron chi connectivity index (χ4n) is 2.49. The molecule has 4 nitrogen and oxygen atoms in total. The van der Waals surface area contributed by atoms with Gasteiger partial charge in [-0.05, 0) is 42.5 Å². The molecule has 0 fully saturated rings. The number of hydrogen-bond acceptors (Lipinski definition) is 3. The van der Waals surface area contributed by atoms with E-state index in [1.165, 1.54) is 0 Å². The molecule has 21 heavy (non-hydrogen) atoms. The lowest BCUT2D eigenvalue weighted by molar-refractivity contribution is -0.141. The summed E-state index contributed by atoms with van der Waals surface area (Å²) in [6.45, 7) is 0. The summed E-state index contributed by atoms with van der Waals surface area (Å²) in [6.07, 6.45) is -2.08. The molecule has 0 aliphatic heterocycles. The van der Waals surface area contributed by atoms with E-state index in [0.717, 1.165) is 30.4 Å². The molecule has 7 heteroatoms. The van der Waals surface area contributed by atoms with Crippen molar-refractivity contribution in [1.82, 2.24) is 4.98 Å². The minimum absolute atomic E-state index is 0.325. The lowest BCUT2D eigenvalue weighted by Gasteiger charge is -2.01. The molecule has 1 heterocycles. The van der Waals surface area contributed by atoms with E-state index in [0.29, 0.717) is 5.56 Å². The molecule has 1 aliphatic carbocycles. The Morgan fingerprint density at radius 1 is 1.24 bits per heavy atom. The van der Waals surface area contributed by atoms with Crippen molar-refractivity contribution in [3.8, 4) is 11.5 Å². The average Bonchev–Trinajstić information content (AvgIpc) is 3.03. The summed E-state index contributed by atoms with van der Waals surface area (Å²) in [5.74, 6) is -3.30. The topological polar surface area (TPSA) is 63.3 Å². The molecule has 1 aromatic carbocycles. The molecule has 2 aromatic rings. The number of carboxylic acids is 1. The van der Waals surface area contributed by atoms with Crippen LogP contribution in [0, 0.1) is 0 Å². The van der Waals surface area contributed by atoms with Gasteiger partial charge in [0.2, 0.25) is 11.7 Å². The molecule has 0 spiro atoms. The number of fused-ring (bicyclic) bond motifs is 1. The maximum atomic E-state index is 12.8. The van der Waals surface area contributed by atoms with Crippen molar-refractivity contribution < 1.29 is 27.5 Å². The molecule has 1 N–H and O–H groups in total. The second-order valence-electron chi connectivity index (χ2n) is 4.84. The van der Waals surface area contributed by atoms with E-state index in [2.05, 4.69) is 4.98 Å². The van der Waals surface area contributed by atoms with Gasteiger partial charge < -0.3 is 9.52 Å². The van der Waals surface area contributed by atoms with Crippen LogP contribution in [0.5, 0.6) is 0 Å². The SMILES string of the molecule is O=C(O)c1oc(-c2ccc3c(c2)CCC3)nc1C(F)(F)F. The number of alkyl halides is 3. The summed E-state index contributed by atoms with van der Waals surface area (Å²) in [4.78, 5) is 14.2. The lowest BCUT2D eigenvalue weighted by Crippen LogP contribution is -2.11. The second-order valence-corrected chi connectivity index (χ2v) is 4.84. The largest absolute Gasteiger partial charge is 0.475 e. The number of halogens is 3. The second kappa shape index (κ2) is 4.61. The van der Waals surface area contributed by atoms with E-state index in [1.807, 2.05) is 6.07 Å². The van der Waals surface area contributed by atoms with E-state index in [9.17, 15) is 18.0 Å². The van der Waals surface area contributed by atoms with E-state index in [4.69, 9.17) is 9.52 Å². The van der Waals surface area contributed by atoms with Crippen molar-refractivity contribution in [2.45, 2.75) is 25.4 Å². The van der Waals surface area contributed by atoms with Gasteiger partial charge in [-0.2, -0.15) is 13.2 Å². The van der Waals surface area contributed by atoms with Crippen LogP contribution in [0.4, 0.5) is 13.2 Å². The van der Waals surface area contributed by atoms with Crippen LogP contribution in [0.25, 0.3) is 11.5 Å². The van der Waals surface area contributed by atoms with Crippen molar-refractivity contribution in [2.75, 3.05) is 0 Å². The van der Waals surface area contributed by atoms with Crippen molar-refractivity contribution in [1.29, 1.82) is 0 Å². The van der Waals surface area contributed by atoms with Gasteiger partial charge in [0.15, 0.2) is 5.69 Å². The number of oxazole rings is 1. The minimum atomic E-state index is -4.87. The van der Waals surface area contributed by atoms with Gasteiger partial charge in [0.05, 0.1) is 0 Å². The minimum Gasteiger partial charge on any atom is -0.475 e. The number of aromatic nitrogens is 1. The third-order valence-corrected chi connectivity index (χ3v) is 3.44. The highest BCUT2D eigenvalue weighted by Gasteiger charge is 2.41. The Hall–Kier alpha value is -2.31. The lowest BCUT2D eigenvalue weighted by atomic mass is 10.1. The van der Waals surface area contributed by atoms with Crippen LogP contribution < -0.4 is 0 Å². The first-order valence-electron chi connectivity index (χ1n) is 6.30. The van der Waals surface area contributed by atoms with Gasteiger partial charge in [0.25, 0.3) is 0 Å². The predicted molar refractivity (Wildman–Crippen MR) is 65.9 cm³/mol. The highest BCUT2D eigenvalue weighted by atomic mass is 19.4. The summed E-state index contributed by atoms with van der Waals surface area (Å²) in [5.41, 5.74) is 1.04. The molecule has 0 radical (unpaired) electrons. The monoisotopic (exact) mass is 297 g/mol. The van der Waals surface area contributed by atoms with Crippen LogP contribution in [0.3, 0.4) is 0 Å². The molecule has 0 saturated heterocycles. The quantitative estimate of drug-likeness (QED) is 0.920. The van der Waals surface area contributed by atoms with Gasteiger partial charge >= 0.3 is 12.1 Å². The molecule has 0 saturated carbocycles. The van der Waals surface area contributed by atoms with Crippen LogP contribution in [0.1, 0.15) is 33.8 Å². The van der Waals surface area contributed by atoms with Gasteiger partial charge in [-0.15, -0.1) is 0 Å². The zero-order chi connectivity index (χ0) is 15.2. The van der Waals surface area contributed by atoms with Crippen molar-refractivity contribution >= 4 is 5.97 Å². The molecule has 3 rings (SSSR count). The molecular formula is C14H10F3NO3. The summed E-state index contributed by atoms with van der Waals surface area (Å²) >= 11 is 0. The fourth-order valence-corrected chi connectivity index (χ4v) is 2.49. The summed E-state index contributed by atoms with van der Waals surface area (Å²) in [5, 5.41) is 8.81. The van der Waals surface area contributed by atoms with Gasteiger partial charge in [-0.25, -0.2) is 9.78 Å².